The van der Waals surface area contributed by atoms with E-state index in [4.69, 9.17) is 0 Å². The highest BCUT2D eigenvalue weighted by atomic mass is 32.2. The summed E-state index contributed by atoms with van der Waals surface area (Å²) >= 11 is 0. The van der Waals surface area contributed by atoms with E-state index in [1.165, 1.54) is 34.6 Å². The first-order chi connectivity index (χ1) is 13.3. The van der Waals surface area contributed by atoms with Gasteiger partial charge in [0.2, 0.25) is 15.8 Å². The average molecular weight is 407 g/mol. The van der Waals surface area contributed by atoms with Crippen LogP contribution >= 0.6 is 0 Å². The molecule has 2 aromatic carbocycles. The van der Waals surface area contributed by atoms with Crippen LogP contribution in [0.4, 0.5) is 15.8 Å². The Labute approximate surface area is 161 Å². The van der Waals surface area contributed by atoms with Gasteiger partial charge in [0.15, 0.2) is 0 Å². The molecule has 8 nitrogen and oxygen atoms in total. The maximum absolute atomic E-state index is 13.4. The standard InChI is InChI=1S/C18H18FN3O5S/c19-16-8-7-14(12-17(16)22(24)25)20-18(23)13-5-4-6-15(11-13)28(26,27)21-9-2-1-3-10-21/h4-8,11-12H,1-3,9-10H2,(H,20,23). The molecule has 0 aromatic heterocycles. The number of nitrogens with one attached hydrogen (secondary N) is 1. The number of nitrogens with zero attached hydrogens (tertiary/aromatic N) is 2. The second-order valence-electron chi connectivity index (χ2n) is 6.37. The SMILES string of the molecule is O=C(Nc1ccc(F)c([N+](=O)[O-])c1)c1cccc(S(=O)(=O)N2CCCCC2)c1. The molecule has 0 aliphatic carbocycles. The van der Waals surface area contributed by atoms with Crippen molar-refractivity contribution >= 4 is 27.3 Å². The molecule has 1 aliphatic rings. The second-order valence-corrected chi connectivity index (χ2v) is 8.31. The number of rotatable bonds is 5. The molecule has 0 radical (unpaired) electrons. The highest BCUT2D eigenvalue weighted by molar-refractivity contribution is 7.89. The van der Waals surface area contributed by atoms with E-state index in [0.717, 1.165) is 31.4 Å². The van der Waals surface area contributed by atoms with E-state index in [-0.39, 0.29) is 16.1 Å². The lowest BCUT2D eigenvalue weighted by molar-refractivity contribution is -0.387. The molecule has 1 saturated heterocycles. The molecular formula is C18H18FN3O5S. The predicted molar refractivity (Wildman–Crippen MR) is 100 cm³/mol. The Kier molecular flexibility index (Phi) is 5.71. The van der Waals surface area contributed by atoms with Gasteiger partial charge < -0.3 is 5.32 Å². The number of anilines is 1. The summed E-state index contributed by atoms with van der Waals surface area (Å²) in [7, 11) is -3.70. The number of hydrogen-bond acceptors (Lipinski definition) is 5. The van der Waals surface area contributed by atoms with E-state index >= 15 is 0 Å². The lowest BCUT2D eigenvalue weighted by Gasteiger charge is -2.26. The number of hydrogen-bond donors (Lipinski definition) is 1. The molecule has 0 saturated carbocycles. The minimum atomic E-state index is -3.70. The lowest BCUT2D eigenvalue weighted by atomic mass is 10.2. The number of nitro benzene ring substituents is 1. The molecule has 2 aromatic rings. The molecule has 0 spiro atoms. The number of nitro groups is 1. The van der Waals surface area contributed by atoms with Crippen LogP contribution in [-0.4, -0.2) is 36.6 Å². The van der Waals surface area contributed by atoms with Crippen LogP contribution in [0, 0.1) is 15.9 Å². The van der Waals surface area contributed by atoms with E-state index in [2.05, 4.69) is 5.32 Å². The molecule has 1 heterocycles. The number of amides is 1. The summed E-state index contributed by atoms with van der Waals surface area (Å²) < 4.78 is 40.3. The first kappa shape index (κ1) is 19.9. The Bertz CT molecular complexity index is 1020. The van der Waals surface area contributed by atoms with Crippen LogP contribution in [0.5, 0.6) is 0 Å². The maximum atomic E-state index is 13.4. The summed E-state index contributed by atoms with van der Waals surface area (Å²) in [6.07, 6.45) is 2.57. The minimum absolute atomic E-state index is 0.00661. The van der Waals surface area contributed by atoms with E-state index in [0.29, 0.717) is 13.1 Å². The topological polar surface area (TPSA) is 110 Å². The zero-order valence-corrected chi connectivity index (χ0v) is 15.6. The Morgan fingerprint density at radius 3 is 2.50 bits per heavy atom. The van der Waals surface area contributed by atoms with Crippen molar-refractivity contribution < 1.29 is 22.5 Å². The zero-order chi connectivity index (χ0) is 20.3. The Balaban J connectivity index is 1.83. The number of halogens is 1. The van der Waals surface area contributed by atoms with Crippen molar-refractivity contribution in [2.45, 2.75) is 24.2 Å². The highest BCUT2D eigenvalue weighted by Crippen LogP contribution is 2.24. The van der Waals surface area contributed by atoms with Crippen molar-refractivity contribution in [2.24, 2.45) is 0 Å². The first-order valence-electron chi connectivity index (χ1n) is 8.64. The lowest BCUT2D eigenvalue weighted by Crippen LogP contribution is -2.35. The average Bonchev–Trinajstić information content (AvgIpc) is 2.70. The van der Waals surface area contributed by atoms with Crippen LogP contribution in [0.1, 0.15) is 29.6 Å². The van der Waals surface area contributed by atoms with E-state index < -0.39 is 32.4 Å². The van der Waals surface area contributed by atoms with Crippen LogP contribution in [0.25, 0.3) is 0 Å². The van der Waals surface area contributed by atoms with Gasteiger partial charge in [0.25, 0.3) is 5.91 Å². The zero-order valence-electron chi connectivity index (χ0n) is 14.8. The second kappa shape index (κ2) is 8.03. The van der Waals surface area contributed by atoms with Gasteiger partial charge in [0, 0.05) is 30.4 Å². The van der Waals surface area contributed by atoms with Crippen LogP contribution in [0.15, 0.2) is 47.4 Å². The van der Waals surface area contributed by atoms with Gasteiger partial charge in [-0.2, -0.15) is 8.70 Å². The van der Waals surface area contributed by atoms with Crippen LogP contribution in [0.2, 0.25) is 0 Å². The monoisotopic (exact) mass is 407 g/mol. The third kappa shape index (κ3) is 4.18. The summed E-state index contributed by atoms with van der Waals surface area (Å²) in [5, 5.41) is 13.2. The van der Waals surface area contributed by atoms with Gasteiger partial charge in [-0.1, -0.05) is 12.5 Å². The molecule has 28 heavy (non-hydrogen) atoms. The van der Waals surface area contributed by atoms with Crippen molar-refractivity contribution in [3.8, 4) is 0 Å². The molecule has 1 aliphatic heterocycles. The number of carbonyl (C=O) groups excluding carboxylic acids is 1. The fraction of sp³-hybridized carbons (Fsp3) is 0.278. The molecule has 3 rings (SSSR count). The van der Waals surface area contributed by atoms with Gasteiger partial charge in [-0.3, -0.25) is 14.9 Å². The summed E-state index contributed by atoms with van der Waals surface area (Å²) in [6, 6.07) is 8.54. The Hall–Kier alpha value is -2.85. The summed E-state index contributed by atoms with van der Waals surface area (Å²) in [6.45, 7) is 0.885. The third-order valence-electron chi connectivity index (χ3n) is 4.45. The molecule has 0 unspecified atom stereocenters. The largest absolute Gasteiger partial charge is 0.322 e. The molecule has 1 fully saturated rings. The predicted octanol–water partition coefficient (Wildman–Crippen LogP) is 3.16. The minimum Gasteiger partial charge on any atom is -0.322 e. The molecule has 1 amide bonds. The Morgan fingerprint density at radius 2 is 1.82 bits per heavy atom. The molecule has 0 bridgehead atoms. The highest BCUT2D eigenvalue weighted by Gasteiger charge is 2.26. The van der Waals surface area contributed by atoms with Gasteiger partial charge in [-0.25, -0.2) is 8.42 Å². The van der Waals surface area contributed by atoms with Crippen molar-refractivity contribution in [3.63, 3.8) is 0 Å². The smallest absolute Gasteiger partial charge is 0.306 e. The summed E-state index contributed by atoms with van der Waals surface area (Å²) in [5.74, 6) is -1.67. The normalized spacial score (nSPS) is 15.2. The number of sulfonamides is 1. The van der Waals surface area contributed by atoms with Crippen LogP contribution in [-0.2, 0) is 10.0 Å². The molecule has 148 valence electrons. The van der Waals surface area contributed by atoms with E-state index in [1.807, 2.05) is 0 Å². The molecule has 1 N–H and O–H groups in total. The van der Waals surface area contributed by atoms with E-state index in [1.54, 1.807) is 0 Å². The third-order valence-corrected chi connectivity index (χ3v) is 6.34. The van der Waals surface area contributed by atoms with Crippen molar-refractivity contribution in [2.75, 3.05) is 18.4 Å². The fourth-order valence-electron chi connectivity index (χ4n) is 2.99. The molecule has 0 atom stereocenters. The van der Waals surface area contributed by atoms with Crippen molar-refractivity contribution in [3.05, 3.63) is 64.0 Å². The van der Waals surface area contributed by atoms with Gasteiger partial charge in [-0.05, 0) is 43.2 Å². The van der Waals surface area contributed by atoms with Gasteiger partial charge in [0.05, 0.1) is 9.82 Å². The Morgan fingerprint density at radius 1 is 1.11 bits per heavy atom. The maximum Gasteiger partial charge on any atom is 0.306 e. The number of piperidine rings is 1. The molecule has 10 heteroatoms. The number of benzene rings is 2. The van der Waals surface area contributed by atoms with Gasteiger partial charge in [-0.15, -0.1) is 0 Å². The van der Waals surface area contributed by atoms with Crippen LogP contribution < -0.4 is 5.32 Å². The quantitative estimate of drug-likeness (QED) is 0.605. The van der Waals surface area contributed by atoms with Crippen molar-refractivity contribution in [1.82, 2.24) is 4.31 Å². The van der Waals surface area contributed by atoms with Crippen molar-refractivity contribution in [1.29, 1.82) is 0 Å². The van der Waals surface area contributed by atoms with E-state index in [9.17, 15) is 27.7 Å². The van der Waals surface area contributed by atoms with Crippen LogP contribution in [0.3, 0.4) is 0 Å². The molecular weight excluding hydrogens is 389 g/mol. The number of carbonyl (C=O) groups is 1. The summed E-state index contributed by atoms with van der Waals surface area (Å²) in [4.78, 5) is 22.4. The van der Waals surface area contributed by atoms with Gasteiger partial charge in [0.1, 0.15) is 0 Å². The first-order valence-corrected chi connectivity index (χ1v) is 10.1. The van der Waals surface area contributed by atoms with Gasteiger partial charge >= 0.3 is 5.69 Å². The fourth-order valence-corrected chi connectivity index (χ4v) is 4.55. The summed E-state index contributed by atoms with van der Waals surface area (Å²) in [5.41, 5.74) is -0.660.